The van der Waals surface area contributed by atoms with Crippen molar-refractivity contribution in [1.82, 2.24) is 0 Å². The lowest BCUT2D eigenvalue weighted by Crippen LogP contribution is -2.69. The minimum Gasteiger partial charge on any atom is -0.463 e. The number of aliphatic hydroxyl groups is 10. The van der Waals surface area contributed by atoms with Gasteiger partial charge in [-0.05, 0) is 25.2 Å². The van der Waals surface area contributed by atoms with Crippen molar-refractivity contribution < 1.29 is 117 Å². The summed E-state index contributed by atoms with van der Waals surface area (Å²) >= 11 is 0. The fraction of sp³-hybridized carbons (Fsp3) is 0.960. The van der Waals surface area contributed by atoms with E-state index in [9.17, 15) is 74.9 Å². The van der Waals surface area contributed by atoms with Gasteiger partial charge in [-0.3, -0.25) is 23.4 Å². The summed E-state index contributed by atoms with van der Waals surface area (Å²) in [4.78, 5) is 51.1. The van der Waals surface area contributed by atoms with E-state index < -0.39 is 156 Å². The largest absolute Gasteiger partial charge is 0.472 e. The number of phosphoric acid groups is 1. The molecule has 3 aliphatic rings. The van der Waals surface area contributed by atoms with Crippen molar-refractivity contribution in [2.24, 2.45) is 5.92 Å². The van der Waals surface area contributed by atoms with Crippen LogP contribution in [0.5, 0.6) is 0 Å². The number of carbonyl (C=O) groups excluding carboxylic acids is 3. The molecular weight excluding hydrogens is 1320 g/mol. The van der Waals surface area contributed by atoms with E-state index in [2.05, 4.69) is 27.7 Å². The molecule has 0 aromatic carbocycles. The van der Waals surface area contributed by atoms with Gasteiger partial charge in [0, 0.05) is 19.3 Å². The fourth-order valence-corrected chi connectivity index (χ4v) is 14.4. The number of unbranched alkanes of at least 4 members (excludes halogenated alkanes) is 37. The molecule has 2 saturated heterocycles. The van der Waals surface area contributed by atoms with Gasteiger partial charge < -0.3 is 89.1 Å². The minimum absolute atomic E-state index is 0.0310. The van der Waals surface area contributed by atoms with Crippen LogP contribution in [-0.4, -0.2) is 204 Å². The molecule has 0 spiro atoms. The van der Waals surface area contributed by atoms with E-state index in [0.717, 1.165) is 89.9 Å². The highest BCUT2D eigenvalue weighted by atomic mass is 31.2. The van der Waals surface area contributed by atoms with E-state index in [1.165, 1.54) is 167 Å². The SMILES string of the molecule is CCCCCCCCCCCCCCCCCC(=O)OCC(COP(=O)(O)OC1C(OC2OC(CO)C(O)C(O)C2O)C(O)C(O)C(O)C1OC1OC(COC(=O)CCCCCCCCC(C)CCCCCCCC)C(O)C(O)C1O)OC(=O)CCCCCCCCCCCCCCCC. The standard InChI is InChI=1S/C75H141O24P/c1-5-8-11-14-17-19-21-23-25-27-28-30-32-38-43-48-59(77)91-52-56(94-61(79)50-45-40-33-31-29-26-24-22-20-18-15-12-9-6-2)53-93-100(89,90)99-73-71(97-74-69(87)64(82)62(80)57(51-76)95-74)67(85)66(84)68(86)72(73)98-75-70(88)65(83)63(81)58(96-75)54-92-60(78)49-44-39-35-34-37-42-47-55(4)46-41-36-16-13-10-7-3/h55-58,62-76,80-88H,5-54H2,1-4H3,(H,89,90). The van der Waals surface area contributed by atoms with Crippen molar-refractivity contribution in [3.63, 3.8) is 0 Å². The zero-order chi connectivity index (χ0) is 73.3. The predicted molar refractivity (Wildman–Crippen MR) is 379 cm³/mol. The molecule has 0 amide bonds. The summed E-state index contributed by atoms with van der Waals surface area (Å²) in [7, 11) is -5.69. The molecule has 590 valence electrons. The van der Waals surface area contributed by atoms with E-state index in [1.807, 2.05) is 0 Å². The van der Waals surface area contributed by atoms with Crippen molar-refractivity contribution in [2.45, 2.75) is 427 Å². The Morgan fingerprint density at radius 1 is 0.380 bits per heavy atom. The quantitative estimate of drug-likeness (QED) is 0.0117. The second kappa shape index (κ2) is 56.3. The Morgan fingerprint density at radius 3 is 1.08 bits per heavy atom. The Balaban J connectivity index is 1.72. The smallest absolute Gasteiger partial charge is 0.463 e. The van der Waals surface area contributed by atoms with E-state index >= 15 is 0 Å². The van der Waals surface area contributed by atoms with E-state index in [1.54, 1.807) is 0 Å². The highest BCUT2D eigenvalue weighted by Crippen LogP contribution is 2.49. The lowest BCUT2D eigenvalue weighted by atomic mass is 9.84. The number of aliphatic hydroxyl groups excluding tert-OH is 10. The third-order valence-corrected chi connectivity index (χ3v) is 21.0. The fourth-order valence-electron chi connectivity index (χ4n) is 13.5. The Hall–Kier alpha value is -2.04. The summed E-state index contributed by atoms with van der Waals surface area (Å²) in [6.45, 7) is 5.81. The molecule has 0 aromatic heterocycles. The van der Waals surface area contributed by atoms with E-state index in [-0.39, 0.29) is 19.3 Å². The summed E-state index contributed by atoms with van der Waals surface area (Å²) in [6, 6.07) is 0. The predicted octanol–water partition coefficient (Wildman–Crippen LogP) is 11.6. The number of hydrogen-bond acceptors (Lipinski definition) is 23. The van der Waals surface area contributed by atoms with Crippen LogP contribution in [0.15, 0.2) is 0 Å². The van der Waals surface area contributed by atoms with Crippen molar-refractivity contribution in [1.29, 1.82) is 0 Å². The highest BCUT2D eigenvalue weighted by molar-refractivity contribution is 7.47. The molecule has 19 unspecified atom stereocenters. The molecule has 3 rings (SSSR count). The third kappa shape index (κ3) is 39.0. The Labute approximate surface area is 600 Å². The third-order valence-electron chi connectivity index (χ3n) is 20.0. The average molecular weight is 1460 g/mol. The maximum atomic E-state index is 14.4. The van der Waals surface area contributed by atoms with Gasteiger partial charge in [0.1, 0.15) is 98.7 Å². The van der Waals surface area contributed by atoms with Crippen LogP contribution in [0.3, 0.4) is 0 Å². The monoisotopic (exact) mass is 1460 g/mol. The molecule has 24 nitrogen and oxygen atoms in total. The molecule has 3 fully saturated rings. The van der Waals surface area contributed by atoms with Gasteiger partial charge in [0.05, 0.1) is 13.2 Å². The first-order chi connectivity index (χ1) is 48.2. The minimum atomic E-state index is -5.69. The Kier molecular flexibility index (Phi) is 51.9. The first kappa shape index (κ1) is 92.2. The van der Waals surface area contributed by atoms with Gasteiger partial charge in [0.25, 0.3) is 0 Å². The number of phosphoric ester groups is 1. The molecule has 1 aliphatic carbocycles. The highest BCUT2D eigenvalue weighted by Gasteiger charge is 2.58. The number of carbonyl (C=O) groups is 3. The van der Waals surface area contributed by atoms with Gasteiger partial charge in [-0.15, -0.1) is 0 Å². The van der Waals surface area contributed by atoms with Gasteiger partial charge in [-0.1, -0.05) is 285 Å². The summed E-state index contributed by atoms with van der Waals surface area (Å²) in [6.07, 6.45) is 13.0. The van der Waals surface area contributed by atoms with Crippen LogP contribution in [0.25, 0.3) is 0 Å². The van der Waals surface area contributed by atoms with E-state index in [4.69, 9.17) is 42.2 Å². The summed E-state index contributed by atoms with van der Waals surface area (Å²) in [5, 5.41) is 110. The first-order valence-electron chi connectivity index (χ1n) is 39.7. The molecule has 25 heteroatoms. The van der Waals surface area contributed by atoms with Crippen LogP contribution in [0.1, 0.15) is 323 Å². The van der Waals surface area contributed by atoms with Crippen molar-refractivity contribution in [3.05, 3.63) is 0 Å². The number of rotatable bonds is 62. The molecule has 100 heavy (non-hydrogen) atoms. The molecular formula is C75H141O24P. The van der Waals surface area contributed by atoms with Gasteiger partial charge in [0.2, 0.25) is 0 Å². The molecule has 11 N–H and O–H groups in total. The van der Waals surface area contributed by atoms with Gasteiger partial charge in [-0.2, -0.15) is 0 Å². The summed E-state index contributed by atoms with van der Waals surface area (Å²) in [5.74, 6) is -1.27. The lowest BCUT2D eigenvalue weighted by molar-refractivity contribution is -0.360. The van der Waals surface area contributed by atoms with Gasteiger partial charge in [-0.25, -0.2) is 4.57 Å². The van der Waals surface area contributed by atoms with Crippen LogP contribution in [0.2, 0.25) is 0 Å². The zero-order valence-electron chi connectivity index (χ0n) is 61.9. The molecule has 19 atom stereocenters. The zero-order valence-corrected chi connectivity index (χ0v) is 62.8. The summed E-state index contributed by atoms with van der Waals surface area (Å²) in [5.41, 5.74) is 0. The maximum Gasteiger partial charge on any atom is 0.472 e. The van der Waals surface area contributed by atoms with Crippen molar-refractivity contribution in [3.8, 4) is 0 Å². The van der Waals surface area contributed by atoms with Crippen LogP contribution in [-0.2, 0) is 61.2 Å². The first-order valence-corrected chi connectivity index (χ1v) is 41.2. The van der Waals surface area contributed by atoms with Gasteiger partial charge in [0.15, 0.2) is 18.7 Å². The molecule has 0 radical (unpaired) electrons. The van der Waals surface area contributed by atoms with Crippen LogP contribution in [0, 0.1) is 5.92 Å². The Morgan fingerprint density at radius 2 is 0.700 bits per heavy atom. The maximum absolute atomic E-state index is 14.4. The number of hydrogen-bond donors (Lipinski definition) is 11. The number of ether oxygens (including phenoxy) is 7. The second-order valence-corrected chi connectivity index (χ2v) is 30.5. The van der Waals surface area contributed by atoms with Crippen molar-refractivity contribution >= 4 is 25.7 Å². The molecule has 2 heterocycles. The topological polar surface area (TPSA) is 374 Å². The normalized spacial score (nSPS) is 27.6. The van der Waals surface area contributed by atoms with E-state index in [0.29, 0.717) is 25.2 Å². The average Bonchev–Trinajstić information content (AvgIpc) is 0.763. The van der Waals surface area contributed by atoms with Crippen LogP contribution < -0.4 is 0 Å². The molecule has 2 aliphatic heterocycles. The second-order valence-electron chi connectivity index (χ2n) is 29.1. The number of esters is 3. The van der Waals surface area contributed by atoms with Crippen LogP contribution >= 0.6 is 7.82 Å². The molecule has 1 saturated carbocycles. The molecule has 0 bridgehead atoms. The van der Waals surface area contributed by atoms with Crippen LogP contribution in [0.4, 0.5) is 0 Å². The van der Waals surface area contributed by atoms with Crippen molar-refractivity contribution in [2.75, 3.05) is 26.4 Å². The lowest BCUT2D eigenvalue weighted by Gasteiger charge is -2.49. The Bertz CT molecular complexity index is 2080. The summed E-state index contributed by atoms with van der Waals surface area (Å²) < 4.78 is 65.2. The molecule has 0 aromatic rings. The van der Waals surface area contributed by atoms with Gasteiger partial charge >= 0.3 is 25.7 Å².